The van der Waals surface area contributed by atoms with Crippen LogP contribution in [0.25, 0.3) is 0 Å². The Morgan fingerprint density at radius 2 is 1.85 bits per heavy atom. The second-order valence-corrected chi connectivity index (χ2v) is 8.26. The number of hydrogen-bond donors (Lipinski definition) is 3. The molecule has 0 spiro atoms. The van der Waals surface area contributed by atoms with E-state index in [0.717, 1.165) is 51.1 Å². The van der Waals surface area contributed by atoms with Crippen LogP contribution in [-0.4, -0.2) is 49.1 Å². The van der Waals surface area contributed by atoms with Crippen LogP contribution in [0, 0.1) is 11.3 Å². The maximum atomic E-state index is 13.3. The first kappa shape index (κ1) is 18.3. The fourth-order valence-electron chi connectivity index (χ4n) is 5.08. The van der Waals surface area contributed by atoms with Crippen molar-refractivity contribution < 1.29 is 9.59 Å². The molecule has 6 nitrogen and oxygen atoms in total. The van der Waals surface area contributed by atoms with Gasteiger partial charge >= 0.3 is 6.03 Å². The van der Waals surface area contributed by atoms with Gasteiger partial charge in [-0.1, -0.05) is 31.0 Å². The van der Waals surface area contributed by atoms with Gasteiger partial charge in [0.1, 0.15) is 0 Å². The van der Waals surface area contributed by atoms with Gasteiger partial charge in [-0.05, 0) is 50.3 Å². The maximum absolute atomic E-state index is 13.3. The second-order valence-electron chi connectivity index (χ2n) is 8.26. The number of carbonyl (C=O) groups excluding carboxylic acids is 2. The van der Waals surface area contributed by atoms with E-state index in [1.54, 1.807) is 0 Å². The minimum atomic E-state index is -0.170. The average molecular weight is 370 g/mol. The van der Waals surface area contributed by atoms with Crippen LogP contribution < -0.4 is 16.0 Å². The number of likely N-dealkylation sites (tertiary alicyclic amines) is 1. The molecule has 0 bridgehead atoms. The van der Waals surface area contributed by atoms with Gasteiger partial charge in [0, 0.05) is 31.4 Å². The molecule has 0 radical (unpaired) electrons. The number of anilines is 1. The molecule has 2 atom stereocenters. The van der Waals surface area contributed by atoms with Gasteiger partial charge in [0.05, 0.1) is 5.41 Å². The van der Waals surface area contributed by atoms with Crippen molar-refractivity contribution in [2.75, 3.05) is 31.5 Å². The van der Waals surface area contributed by atoms with Gasteiger partial charge in [-0.15, -0.1) is 0 Å². The molecule has 27 heavy (non-hydrogen) atoms. The molecule has 3 aliphatic rings. The Morgan fingerprint density at radius 3 is 2.63 bits per heavy atom. The van der Waals surface area contributed by atoms with E-state index in [-0.39, 0.29) is 17.5 Å². The zero-order chi connectivity index (χ0) is 18.7. The SMILES string of the molecule is O=C(Nc1ccccc1)NC1CCN(C(=O)[C@@]23CCCC[C@H]2CNC3)CC1. The molecule has 2 saturated heterocycles. The molecule has 3 N–H and O–H groups in total. The second kappa shape index (κ2) is 7.89. The van der Waals surface area contributed by atoms with E-state index in [4.69, 9.17) is 0 Å². The predicted octanol–water partition coefficient (Wildman–Crippen LogP) is 2.58. The third-order valence-corrected chi connectivity index (χ3v) is 6.61. The summed E-state index contributed by atoms with van der Waals surface area (Å²) in [7, 11) is 0. The summed E-state index contributed by atoms with van der Waals surface area (Å²) in [5.41, 5.74) is 0.627. The van der Waals surface area contributed by atoms with Crippen molar-refractivity contribution in [3.05, 3.63) is 30.3 Å². The molecule has 2 aliphatic heterocycles. The number of carbonyl (C=O) groups is 2. The van der Waals surface area contributed by atoms with E-state index in [1.165, 1.54) is 19.3 Å². The highest BCUT2D eigenvalue weighted by Gasteiger charge is 2.51. The van der Waals surface area contributed by atoms with Crippen LogP contribution >= 0.6 is 0 Å². The number of hydrogen-bond acceptors (Lipinski definition) is 3. The molecule has 1 saturated carbocycles. The number of fused-ring (bicyclic) bond motifs is 1. The summed E-state index contributed by atoms with van der Waals surface area (Å²) in [6, 6.07) is 9.42. The number of rotatable bonds is 3. The molecule has 4 rings (SSSR count). The van der Waals surface area contributed by atoms with E-state index in [1.807, 2.05) is 30.3 Å². The maximum Gasteiger partial charge on any atom is 0.319 e. The van der Waals surface area contributed by atoms with Gasteiger partial charge in [-0.3, -0.25) is 4.79 Å². The molecule has 2 heterocycles. The van der Waals surface area contributed by atoms with Crippen LogP contribution in [0.3, 0.4) is 0 Å². The van der Waals surface area contributed by atoms with Crippen LogP contribution in [0.2, 0.25) is 0 Å². The van der Waals surface area contributed by atoms with Gasteiger partial charge in [0.25, 0.3) is 0 Å². The van der Waals surface area contributed by atoms with Crippen molar-refractivity contribution in [3.8, 4) is 0 Å². The standard InChI is InChI=1S/C21H30N4O2/c26-19(21-11-5-4-6-16(21)14-22-15-21)25-12-9-18(10-13-25)24-20(27)23-17-7-2-1-3-8-17/h1-3,7-8,16,18,22H,4-6,9-15H2,(H2,23,24,27)/t16-,21+/m0/s1. The Hall–Kier alpha value is -2.08. The fraction of sp³-hybridized carbons (Fsp3) is 0.619. The van der Waals surface area contributed by atoms with E-state index < -0.39 is 0 Å². The van der Waals surface area contributed by atoms with Crippen LogP contribution in [0.4, 0.5) is 10.5 Å². The van der Waals surface area contributed by atoms with Crippen molar-refractivity contribution in [3.63, 3.8) is 0 Å². The Balaban J connectivity index is 1.28. The normalized spacial score (nSPS) is 28.4. The van der Waals surface area contributed by atoms with E-state index >= 15 is 0 Å². The van der Waals surface area contributed by atoms with Crippen LogP contribution in [0.1, 0.15) is 38.5 Å². The van der Waals surface area contributed by atoms with Crippen LogP contribution in [0.5, 0.6) is 0 Å². The highest BCUT2D eigenvalue weighted by Crippen LogP contribution is 2.45. The first-order valence-corrected chi connectivity index (χ1v) is 10.3. The zero-order valence-corrected chi connectivity index (χ0v) is 15.9. The van der Waals surface area contributed by atoms with Crippen molar-refractivity contribution in [1.82, 2.24) is 15.5 Å². The van der Waals surface area contributed by atoms with Crippen LogP contribution in [-0.2, 0) is 4.79 Å². The summed E-state index contributed by atoms with van der Waals surface area (Å²) < 4.78 is 0. The Bertz CT molecular complexity index is 672. The molecule has 146 valence electrons. The third-order valence-electron chi connectivity index (χ3n) is 6.61. The Kier molecular flexibility index (Phi) is 5.34. The lowest BCUT2D eigenvalue weighted by Gasteiger charge is -2.43. The van der Waals surface area contributed by atoms with Crippen molar-refractivity contribution in [2.45, 2.75) is 44.6 Å². The van der Waals surface area contributed by atoms with E-state index in [0.29, 0.717) is 11.8 Å². The number of urea groups is 1. The molecule has 1 aromatic rings. The zero-order valence-electron chi connectivity index (χ0n) is 15.9. The first-order valence-electron chi connectivity index (χ1n) is 10.3. The molecule has 3 amide bonds. The summed E-state index contributed by atoms with van der Waals surface area (Å²) in [6.07, 6.45) is 6.27. The van der Waals surface area contributed by atoms with Crippen molar-refractivity contribution >= 4 is 17.6 Å². The lowest BCUT2D eigenvalue weighted by Crippen LogP contribution is -2.54. The molecule has 1 aliphatic carbocycles. The fourth-order valence-corrected chi connectivity index (χ4v) is 5.08. The number of amides is 3. The summed E-state index contributed by atoms with van der Waals surface area (Å²) in [5.74, 6) is 0.857. The highest BCUT2D eigenvalue weighted by molar-refractivity contribution is 5.89. The minimum absolute atomic E-state index is 0.124. The summed E-state index contributed by atoms with van der Waals surface area (Å²) in [6.45, 7) is 3.31. The molecule has 1 aromatic carbocycles. The largest absolute Gasteiger partial charge is 0.342 e. The quantitative estimate of drug-likeness (QED) is 0.766. The van der Waals surface area contributed by atoms with Gasteiger partial charge < -0.3 is 20.9 Å². The monoisotopic (exact) mass is 370 g/mol. The molecule has 0 unspecified atom stereocenters. The van der Waals surface area contributed by atoms with Crippen molar-refractivity contribution in [2.24, 2.45) is 11.3 Å². The van der Waals surface area contributed by atoms with Gasteiger partial charge in [-0.25, -0.2) is 4.79 Å². The Labute approximate surface area is 161 Å². The number of nitrogens with zero attached hydrogens (tertiary/aromatic N) is 1. The summed E-state index contributed by atoms with van der Waals surface area (Å²) in [4.78, 5) is 27.5. The average Bonchev–Trinajstić information content (AvgIpc) is 3.14. The first-order chi connectivity index (χ1) is 13.2. The lowest BCUT2D eigenvalue weighted by molar-refractivity contribution is -0.146. The smallest absolute Gasteiger partial charge is 0.319 e. The van der Waals surface area contributed by atoms with E-state index in [9.17, 15) is 9.59 Å². The van der Waals surface area contributed by atoms with Gasteiger partial charge in [0.2, 0.25) is 5.91 Å². The summed E-state index contributed by atoms with van der Waals surface area (Å²) >= 11 is 0. The van der Waals surface area contributed by atoms with E-state index in [2.05, 4.69) is 20.9 Å². The molecular weight excluding hydrogens is 340 g/mol. The third kappa shape index (κ3) is 3.81. The number of nitrogens with one attached hydrogen (secondary N) is 3. The topological polar surface area (TPSA) is 73.5 Å². The number of para-hydroxylation sites is 1. The van der Waals surface area contributed by atoms with Crippen LogP contribution in [0.15, 0.2) is 30.3 Å². The number of benzene rings is 1. The van der Waals surface area contributed by atoms with Gasteiger partial charge in [0.15, 0.2) is 0 Å². The lowest BCUT2D eigenvalue weighted by atomic mass is 9.67. The number of piperidine rings is 1. The predicted molar refractivity (Wildman–Crippen MR) is 105 cm³/mol. The highest BCUT2D eigenvalue weighted by atomic mass is 16.2. The van der Waals surface area contributed by atoms with Crippen molar-refractivity contribution in [1.29, 1.82) is 0 Å². The Morgan fingerprint density at radius 1 is 1.07 bits per heavy atom. The summed E-state index contributed by atoms with van der Waals surface area (Å²) in [5, 5.41) is 9.39. The molecule has 6 heteroatoms. The van der Waals surface area contributed by atoms with Gasteiger partial charge in [-0.2, -0.15) is 0 Å². The molecular formula is C21H30N4O2. The minimum Gasteiger partial charge on any atom is -0.342 e. The molecule has 3 fully saturated rings. The molecule has 0 aromatic heterocycles.